The highest BCUT2D eigenvalue weighted by Crippen LogP contribution is 2.13. The first kappa shape index (κ1) is 15.8. The molecule has 1 amide bonds. The third kappa shape index (κ3) is 4.40. The third-order valence-electron chi connectivity index (χ3n) is 3.46. The molecule has 1 aromatic carbocycles. The van der Waals surface area contributed by atoms with Crippen LogP contribution in [0.4, 0.5) is 5.69 Å². The van der Waals surface area contributed by atoms with Crippen molar-refractivity contribution in [1.29, 1.82) is 0 Å². The normalized spacial score (nSPS) is 18.3. The van der Waals surface area contributed by atoms with E-state index in [0.717, 1.165) is 25.2 Å². The van der Waals surface area contributed by atoms with E-state index >= 15 is 0 Å². The first-order valence-corrected chi connectivity index (χ1v) is 6.40. The Balaban J connectivity index is 0.00000180. The number of carbonyl (C=O) groups excluding carboxylic acids is 1. The minimum atomic E-state index is 0. The van der Waals surface area contributed by atoms with Gasteiger partial charge in [-0.15, -0.1) is 12.4 Å². The number of hydrogen-bond donors (Lipinski definition) is 1. The smallest absolute Gasteiger partial charge is 0.241 e. The zero-order valence-electron chi connectivity index (χ0n) is 11.5. The van der Waals surface area contributed by atoms with E-state index in [-0.39, 0.29) is 18.3 Å². The van der Waals surface area contributed by atoms with Gasteiger partial charge in [0.25, 0.3) is 0 Å². The predicted octanol–water partition coefficient (Wildman–Crippen LogP) is 1.68. The number of amides is 1. The quantitative estimate of drug-likeness (QED) is 0.913. The van der Waals surface area contributed by atoms with Crippen molar-refractivity contribution in [3.05, 3.63) is 30.3 Å². The lowest BCUT2D eigenvalue weighted by Gasteiger charge is -2.20. The highest BCUT2D eigenvalue weighted by atomic mass is 35.5. The lowest BCUT2D eigenvalue weighted by molar-refractivity contribution is -0.128. The average molecular weight is 284 g/mol. The summed E-state index contributed by atoms with van der Waals surface area (Å²) in [7, 11) is 4.14. The van der Waals surface area contributed by atoms with Gasteiger partial charge in [-0.2, -0.15) is 0 Å². The third-order valence-corrected chi connectivity index (χ3v) is 3.46. The molecule has 1 fully saturated rings. The fourth-order valence-electron chi connectivity index (χ4n) is 2.24. The van der Waals surface area contributed by atoms with Crippen LogP contribution in [0.1, 0.15) is 6.42 Å². The van der Waals surface area contributed by atoms with Gasteiger partial charge in [0.05, 0.1) is 6.54 Å². The van der Waals surface area contributed by atoms with Crippen LogP contribution in [0.3, 0.4) is 0 Å². The molecule has 1 aliphatic heterocycles. The maximum absolute atomic E-state index is 12.0. The maximum atomic E-state index is 12.0. The van der Waals surface area contributed by atoms with Crippen LogP contribution in [-0.2, 0) is 4.79 Å². The SMILES string of the molecule is CN(C)C1CCN(C(=O)CNc2ccccc2)C1.Cl. The molecule has 1 aliphatic rings. The molecule has 2 rings (SSSR count). The van der Waals surface area contributed by atoms with Gasteiger partial charge in [0.2, 0.25) is 5.91 Å². The Bertz CT molecular complexity index is 397. The van der Waals surface area contributed by atoms with Crippen molar-refractivity contribution in [1.82, 2.24) is 9.80 Å². The number of halogens is 1. The van der Waals surface area contributed by atoms with Crippen molar-refractivity contribution in [2.75, 3.05) is 39.0 Å². The summed E-state index contributed by atoms with van der Waals surface area (Å²) in [6, 6.07) is 10.3. The number of para-hydroxylation sites is 1. The summed E-state index contributed by atoms with van der Waals surface area (Å²) in [5, 5.41) is 3.16. The molecule has 0 spiro atoms. The molecule has 0 aliphatic carbocycles. The Morgan fingerprint density at radius 2 is 2.05 bits per heavy atom. The number of anilines is 1. The predicted molar refractivity (Wildman–Crippen MR) is 80.9 cm³/mol. The second-order valence-electron chi connectivity index (χ2n) is 4.97. The van der Waals surface area contributed by atoms with Gasteiger partial charge in [-0.3, -0.25) is 4.79 Å². The summed E-state index contributed by atoms with van der Waals surface area (Å²) in [6.07, 6.45) is 1.07. The van der Waals surface area contributed by atoms with Crippen molar-refractivity contribution >= 4 is 24.0 Å². The fourth-order valence-corrected chi connectivity index (χ4v) is 2.24. The average Bonchev–Trinajstić information content (AvgIpc) is 2.87. The van der Waals surface area contributed by atoms with Gasteiger partial charge >= 0.3 is 0 Å². The minimum absolute atomic E-state index is 0. The highest BCUT2D eigenvalue weighted by molar-refractivity contribution is 5.85. The number of benzene rings is 1. The molecule has 106 valence electrons. The number of hydrogen-bond acceptors (Lipinski definition) is 3. The molecular formula is C14H22ClN3O. The molecule has 5 heteroatoms. The number of nitrogens with one attached hydrogen (secondary N) is 1. The molecule has 19 heavy (non-hydrogen) atoms. The summed E-state index contributed by atoms with van der Waals surface area (Å²) in [5.74, 6) is 0.184. The second-order valence-corrected chi connectivity index (χ2v) is 4.97. The van der Waals surface area contributed by atoms with Gasteiger partial charge in [-0.25, -0.2) is 0 Å². The van der Waals surface area contributed by atoms with Gasteiger partial charge in [-0.1, -0.05) is 18.2 Å². The molecule has 1 N–H and O–H groups in total. The van der Waals surface area contributed by atoms with Gasteiger partial charge in [-0.05, 0) is 32.6 Å². The van der Waals surface area contributed by atoms with Crippen LogP contribution < -0.4 is 5.32 Å². The van der Waals surface area contributed by atoms with Gasteiger partial charge < -0.3 is 15.1 Å². The molecule has 1 unspecified atom stereocenters. The second kappa shape index (κ2) is 7.36. The first-order valence-electron chi connectivity index (χ1n) is 6.40. The number of nitrogens with zero attached hydrogens (tertiary/aromatic N) is 2. The summed E-state index contributed by atoms with van der Waals surface area (Å²) in [6.45, 7) is 2.10. The van der Waals surface area contributed by atoms with Crippen molar-refractivity contribution in [2.45, 2.75) is 12.5 Å². The fraction of sp³-hybridized carbons (Fsp3) is 0.500. The van der Waals surface area contributed by atoms with E-state index in [0.29, 0.717) is 12.6 Å². The zero-order valence-corrected chi connectivity index (χ0v) is 12.3. The van der Waals surface area contributed by atoms with E-state index in [9.17, 15) is 4.79 Å². The molecule has 4 nitrogen and oxygen atoms in total. The van der Waals surface area contributed by atoms with Gasteiger partial charge in [0, 0.05) is 24.8 Å². The van der Waals surface area contributed by atoms with Gasteiger partial charge in [0.1, 0.15) is 0 Å². The first-order chi connectivity index (χ1) is 8.66. The maximum Gasteiger partial charge on any atom is 0.241 e. The lowest BCUT2D eigenvalue weighted by Crippen LogP contribution is -2.37. The Kier molecular flexibility index (Phi) is 6.12. The van der Waals surface area contributed by atoms with Crippen molar-refractivity contribution < 1.29 is 4.79 Å². The summed E-state index contributed by atoms with van der Waals surface area (Å²) in [4.78, 5) is 16.2. The van der Waals surface area contributed by atoms with Crippen LogP contribution in [0, 0.1) is 0 Å². The molecule has 0 aromatic heterocycles. The molecule has 0 saturated carbocycles. The largest absolute Gasteiger partial charge is 0.376 e. The summed E-state index contributed by atoms with van der Waals surface area (Å²) >= 11 is 0. The number of rotatable bonds is 4. The molecule has 1 atom stereocenters. The van der Waals surface area contributed by atoms with Crippen LogP contribution in [-0.4, -0.2) is 55.5 Å². The van der Waals surface area contributed by atoms with Crippen molar-refractivity contribution in [3.63, 3.8) is 0 Å². The molecular weight excluding hydrogens is 262 g/mol. The van der Waals surface area contributed by atoms with Crippen LogP contribution in [0.2, 0.25) is 0 Å². The Labute approximate surface area is 121 Å². The Hall–Kier alpha value is -1.26. The number of carbonyl (C=O) groups is 1. The summed E-state index contributed by atoms with van der Waals surface area (Å²) < 4.78 is 0. The van der Waals surface area contributed by atoms with Gasteiger partial charge in [0.15, 0.2) is 0 Å². The van der Waals surface area contributed by atoms with Crippen molar-refractivity contribution in [3.8, 4) is 0 Å². The van der Waals surface area contributed by atoms with E-state index in [1.807, 2.05) is 35.2 Å². The van der Waals surface area contributed by atoms with Crippen LogP contribution in [0.5, 0.6) is 0 Å². The van der Waals surface area contributed by atoms with E-state index in [4.69, 9.17) is 0 Å². The van der Waals surface area contributed by atoms with Crippen LogP contribution >= 0.6 is 12.4 Å². The van der Waals surface area contributed by atoms with E-state index in [2.05, 4.69) is 24.3 Å². The monoisotopic (exact) mass is 283 g/mol. The highest BCUT2D eigenvalue weighted by Gasteiger charge is 2.26. The van der Waals surface area contributed by atoms with E-state index in [1.165, 1.54) is 0 Å². The lowest BCUT2D eigenvalue weighted by atomic mass is 10.2. The van der Waals surface area contributed by atoms with Crippen LogP contribution in [0.25, 0.3) is 0 Å². The zero-order chi connectivity index (χ0) is 13.0. The van der Waals surface area contributed by atoms with Crippen molar-refractivity contribution in [2.24, 2.45) is 0 Å². The van der Waals surface area contributed by atoms with E-state index < -0.39 is 0 Å². The molecule has 0 radical (unpaired) electrons. The number of likely N-dealkylation sites (N-methyl/N-ethyl adjacent to an activating group) is 1. The Morgan fingerprint density at radius 1 is 1.37 bits per heavy atom. The molecule has 0 bridgehead atoms. The molecule has 1 heterocycles. The van der Waals surface area contributed by atoms with E-state index in [1.54, 1.807) is 0 Å². The molecule has 1 aromatic rings. The van der Waals surface area contributed by atoms with Crippen LogP contribution in [0.15, 0.2) is 30.3 Å². The molecule has 1 saturated heterocycles. The minimum Gasteiger partial charge on any atom is -0.376 e. The standard InChI is InChI=1S/C14H21N3O.ClH/c1-16(2)13-8-9-17(11-13)14(18)10-15-12-6-4-3-5-7-12;/h3-7,13,15H,8-11H2,1-2H3;1H. The summed E-state index contributed by atoms with van der Waals surface area (Å²) in [5.41, 5.74) is 0.995. The Morgan fingerprint density at radius 3 is 2.63 bits per heavy atom. The topological polar surface area (TPSA) is 35.6 Å². The number of likely N-dealkylation sites (tertiary alicyclic amines) is 1.